The summed E-state index contributed by atoms with van der Waals surface area (Å²) in [6.07, 6.45) is 4.90. The molecule has 1 aromatic rings. The van der Waals surface area contributed by atoms with E-state index in [0.717, 1.165) is 12.1 Å². The molecule has 0 aliphatic carbocycles. The van der Waals surface area contributed by atoms with Crippen molar-refractivity contribution < 1.29 is 4.74 Å². The Morgan fingerprint density at radius 3 is 2.64 bits per heavy atom. The molecule has 1 rings (SSSR count). The molecule has 0 amide bonds. The summed E-state index contributed by atoms with van der Waals surface area (Å²) >= 11 is 0. The van der Waals surface area contributed by atoms with Gasteiger partial charge in [0.05, 0.1) is 11.8 Å². The Bertz CT molecular complexity index is 269. The summed E-state index contributed by atoms with van der Waals surface area (Å²) in [6.45, 7) is 2.02. The Balaban J connectivity index is 2.53. The van der Waals surface area contributed by atoms with Crippen molar-refractivity contribution >= 4 is 11.9 Å². The zero-order valence-corrected chi connectivity index (χ0v) is 8.68. The molecule has 1 radical (unpaired) electrons. The number of ether oxygens (including phenoxy) is 1. The van der Waals surface area contributed by atoms with E-state index < -0.39 is 0 Å². The van der Waals surface area contributed by atoms with Crippen LogP contribution in [0.2, 0.25) is 0 Å². The van der Waals surface area contributed by atoms with E-state index in [4.69, 9.17) is 4.74 Å². The Labute approximate surface area is 85.6 Å². The van der Waals surface area contributed by atoms with Crippen molar-refractivity contribution in [3.63, 3.8) is 0 Å². The molecule has 0 fully saturated rings. The molecule has 1 aromatic carbocycles. The van der Waals surface area contributed by atoms with Crippen LogP contribution < -0.4 is 0 Å². The molecule has 0 bridgehead atoms. The van der Waals surface area contributed by atoms with Crippen molar-refractivity contribution in [1.29, 1.82) is 0 Å². The average Bonchev–Trinajstić information content (AvgIpc) is 2.25. The molecule has 1 atom stereocenters. The molecule has 0 aromatic heterocycles. The SMILES string of the molecule is C[CH]CC(C=Nc1ccccc1)OC. The second kappa shape index (κ2) is 6.33. The first-order valence-electron chi connectivity index (χ1n) is 4.76. The molecule has 14 heavy (non-hydrogen) atoms. The van der Waals surface area contributed by atoms with Gasteiger partial charge in [0.25, 0.3) is 0 Å². The van der Waals surface area contributed by atoms with E-state index in [1.165, 1.54) is 0 Å². The topological polar surface area (TPSA) is 21.6 Å². The maximum absolute atomic E-state index is 5.23. The van der Waals surface area contributed by atoms with Crippen LogP contribution >= 0.6 is 0 Å². The molecule has 75 valence electrons. The largest absolute Gasteiger partial charge is 0.376 e. The van der Waals surface area contributed by atoms with Crippen molar-refractivity contribution in [2.24, 2.45) is 4.99 Å². The monoisotopic (exact) mass is 190 g/mol. The number of methoxy groups -OCH3 is 1. The van der Waals surface area contributed by atoms with Gasteiger partial charge in [-0.05, 0) is 25.0 Å². The van der Waals surface area contributed by atoms with E-state index in [0.29, 0.717) is 0 Å². The summed E-state index contributed by atoms with van der Waals surface area (Å²) in [6, 6.07) is 9.87. The lowest BCUT2D eigenvalue weighted by Crippen LogP contribution is -2.11. The predicted octanol–water partition coefficient (Wildman–Crippen LogP) is 3.02. The minimum Gasteiger partial charge on any atom is -0.376 e. The molecule has 0 heterocycles. The molecule has 2 nitrogen and oxygen atoms in total. The van der Waals surface area contributed by atoms with Crippen LogP contribution in [0, 0.1) is 6.42 Å². The van der Waals surface area contributed by atoms with Crippen molar-refractivity contribution in [3.05, 3.63) is 36.8 Å². The molecular formula is C12H16NO. The number of nitrogens with zero attached hydrogens (tertiary/aromatic N) is 1. The van der Waals surface area contributed by atoms with Gasteiger partial charge >= 0.3 is 0 Å². The van der Waals surface area contributed by atoms with E-state index in [9.17, 15) is 0 Å². The summed E-state index contributed by atoms with van der Waals surface area (Å²) in [5.74, 6) is 0. The van der Waals surface area contributed by atoms with Gasteiger partial charge in [-0.2, -0.15) is 0 Å². The van der Waals surface area contributed by atoms with E-state index in [1.54, 1.807) is 7.11 Å². The molecule has 1 unspecified atom stereocenters. The Morgan fingerprint density at radius 1 is 1.36 bits per heavy atom. The van der Waals surface area contributed by atoms with Gasteiger partial charge < -0.3 is 4.74 Å². The Kier molecular flexibility index (Phi) is 4.94. The second-order valence-corrected chi connectivity index (χ2v) is 3.03. The molecule has 0 spiro atoms. The third-order valence-electron chi connectivity index (χ3n) is 1.92. The van der Waals surface area contributed by atoms with Crippen LogP contribution in [0.25, 0.3) is 0 Å². The normalized spacial score (nSPS) is 13.3. The number of benzene rings is 1. The van der Waals surface area contributed by atoms with Crippen molar-refractivity contribution in [3.8, 4) is 0 Å². The van der Waals surface area contributed by atoms with Crippen LogP contribution in [-0.4, -0.2) is 19.4 Å². The van der Waals surface area contributed by atoms with Gasteiger partial charge in [-0.1, -0.05) is 25.1 Å². The fraction of sp³-hybridized carbons (Fsp3) is 0.333. The third kappa shape index (κ3) is 3.71. The number of aliphatic imine (C=N–C) groups is 1. The molecule has 0 aliphatic heterocycles. The lowest BCUT2D eigenvalue weighted by molar-refractivity contribution is 0.159. The molecule has 0 N–H and O–H groups in total. The van der Waals surface area contributed by atoms with Crippen LogP contribution in [0.4, 0.5) is 5.69 Å². The number of rotatable bonds is 5. The molecular weight excluding hydrogens is 174 g/mol. The molecule has 0 saturated heterocycles. The highest BCUT2D eigenvalue weighted by Crippen LogP contribution is 2.09. The first kappa shape index (κ1) is 10.9. The standard InChI is InChI=1S/C12H16NO/c1-3-7-12(14-2)10-13-11-8-5-4-6-9-11/h3-6,8-10,12H,7H2,1-2H3. The summed E-state index contributed by atoms with van der Waals surface area (Å²) in [5, 5.41) is 0. The van der Waals surface area contributed by atoms with E-state index in [2.05, 4.69) is 11.4 Å². The van der Waals surface area contributed by atoms with Crippen LogP contribution in [-0.2, 0) is 4.74 Å². The van der Waals surface area contributed by atoms with Crippen LogP contribution in [0.3, 0.4) is 0 Å². The first-order valence-corrected chi connectivity index (χ1v) is 4.76. The van der Waals surface area contributed by atoms with Crippen LogP contribution in [0.5, 0.6) is 0 Å². The zero-order valence-electron chi connectivity index (χ0n) is 8.68. The molecule has 0 aliphatic rings. The average molecular weight is 190 g/mol. The maximum Gasteiger partial charge on any atom is 0.0925 e. The maximum atomic E-state index is 5.23. The highest BCUT2D eigenvalue weighted by Gasteiger charge is 2.00. The van der Waals surface area contributed by atoms with Crippen LogP contribution in [0.15, 0.2) is 35.3 Å². The van der Waals surface area contributed by atoms with E-state index in [-0.39, 0.29) is 6.10 Å². The Morgan fingerprint density at radius 2 is 2.07 bits per heavy atom. The van der Waals surface area contributed by atoms with Gasteiger partial charge in [0.2, 0.25) is 0 Å². The van der Waals surface area contributed by atoms with Gasteiger partial charge in [-0.25, -0.2) is 0 Å². The van der Waals surface area contributed by atoms with Crippen molar-refractivity contribution in [1.82, 2.24) is 0 Å². The number of hydrogen-bond acceptors (Lipinski definition) is 2. The summed E-state index contributed by atoms with van der Waals surface area (Å²) in [7, 11) is 1.70. The second-order valence-electron chi connectivity index (χ2n) is 3.03. The minimum absolute atomic E-state index is 0.0835. The van der Waals surface area contributed by atoms with Crippen molar-refractivity contribution in [2.75, 3.05) is 7.11 Å². The first-order chi connectivity index (χ1) is 6.86. The zero-order chi connectivity index (χ0) is 10.2. The number of hydrogen-bond donors (Lipinski definition) is 0. The van der Waals surface area contributed by atoms with E-state index >= 15 is 0 Å². The van der Waals surface area contributed by atoms with Crippen LogP contribution in [0.1, 0.15) is 13.3 Å². The smallest absolute Gasteiger partial charge is 0.0925 e. The quantitative estimate of drug-likeness (QED) is 0.654. The summed E-state index contributed by atoms with van der Waals surface area (Å²) < 4.78 is 5.23. The molecule has 0 saturated carbocycles. The third-order valence-corrected chi connectivity index (χ3v) is 1.92. The lowest BCUT2D eigenvalue weighted by Gasteiger charge is -2.07. The predicted molar refractivity (Wildman–Crippen MR) is 60.0 cm³/mol. The fourth-order valence-corrected chi connectivity index (χ4v) is 1.13. The van der Waals surface area contributed by atoms with Gasteiger partial charge in [0.15, 0.2) is 0 Å². The molecule has 2 heteroatoms. The van der Waals surface area contributed by atoms with Gasteiger partial charge in [0.1, 0.15) is 0 Å². The Hall–Kier alpha value is -1.15. The number of para-hydroxylation sites is 1. The highest BCUT2D eigenvalue weighted by atomic mass is 16.5. The van der Waals surface area contributed by atoms with Crippen molar-refractivity contribution in [2.45, 2.75) is 19.4 Å². The lowest BCUT2D eigenvalue weighted by atomic mass is 10.2. The highest BCUT2D eigenvalue weighted by molar-refractivity contribution is 5.67. The van der Waals surface area contributed by atoms with Gasteiger partial charge in [-0.3, -0.25) is 4.99 Å². The van der Waals surface area contributed by atoms with Gasteiger partial charge in [0, 0.05) is 13.3 Å². The summed E-state index contributed by atoms with van der Waals surface area (Å²) in [4.78, 5) is 4.33. The summed E-state index contributed by atoms with van der Waals surface area (Å²) in [5.41, 5.74) is 0.964. The minimum atomic E-state index is 0.0835. The fourth-order valence-electron chi connectivity index (χ4n) is 1.13. The van der Waals surface area contributed by atoms with Gasteiger partial charge in [-0.15, -0.1) is 0 Å². The van der Waals surface area contributed by atoms with E-state index in [1.807, 2.05) is 43.5 Å².